The molecule has 0 saturated carbocycles. The molecule has 0 aliphatic carbocycles. The summed E-state index contributed by atoms with van der Waals surface area (Å²) >= 11 is 0. The minimum atomic E-state index is -1.19. The molecule has 0 saturated heterocycles. The molecule has 0 aliphatic heterocycles. The summed E-state index contributed by atoms with van der Waals surface area (Å²) < 4.78 is 5.13. The first-order valence-corrected chi connectivity index (χ1v) is 5.81. The monoisotopic (exact) mass is 277 g/mol. The van der Waals surface area contributed by atoms with E-state index in [-0.39, 0.29) is 5.82 Å². The van der Waals surface area contributed by atoms with Gasteiger partial charge in [-0.15, -0.1) is 0 Å². The lowest BCUT2D eigenvalue weighted by Crippen LogP contribution is -2.40. The number of carboxylic acid groups (broad SMARTS) is 1. The van der Waals surface area contributed by atoms with Crippen molar-refractivity contribution in [2.75, 3.05) is 11.4 Å². The molecule has 0 fully saturated rings. The number of carbonyl (C=O) groups excluding carboxylic acids is 1. The SMILES string of the molecule is CC(C)(C)OC(=O)N(CC(=O)O)c1ccc(C#N)cn1. The Kier molecular flexibility index (Phi) is 4.64. The number of hydrogen-bond acceptors (Lipinski definition) is 5. The number of aliphatic carboxylic acids is 1. The predicted molar refractivity (Wildman–Crippen MR) is 70.2 cm³/mol. The van der Waals surface area contributed by atoms with Crippen LogP contribution >= 0.6 is 0 Å². The van der Waals surface area contributed by atoms with Crippen molar-refractivity contribution in [3.05, 3.63) is 23.9 Å². The lowest BCUT2D eigenvalue weighted by atomic mass is 10.2. The van der Waals surface area contributed by atoms with Crippen LogP contribution in [0.1, 0.15) is 26.3 Å². The summed E-state index contributed by atoms with van der Waals surface area (Å²) in [4.78, 5) is 27.6. The summed E-state index contributed by atoms with van der Waals surface area (Å²) in [5, 5.41) is 17.5. The number of pyridine rings is 1. The Labute approximate surface area is 116 Å². The number of hydrogen-bond donors (Lipinski definition) is 1. The number of aromatic nitrogens is 1. The van der Waals surface area contributed by atoms with E-state index in [4.69, 9.17) is 15.1 Å². The molecule has 7 heteroatoms. The molecule has 1 heterocycles. The Balaban J connectivity index is 3.02. The van der Waals surface area contributed by atoms with Crippen LogP contribution in [0.5, 0.6) is 0 Å². The highest BCUT2D eigenvalue weighted by Crippen LogP contribution is 2.16. The number of anilines is 1. The fraction of sp³-hybridized carbons (Fsp3) is 0.385. The molecule has 0 aliphatic rings. The Bertz CT molecular complexity index is 540. The molecule has 20 heavy (non-hydrogen) atoms. The van der Waals surface area contributed by atoms with E-state index in [9.17, 15) is 9.59 Å². The molecule has 0 bridgehead atoms. The van der Waals surface area contributed by atoms with Gasteiger partial charge in [-0.2, -0.15) is 5.26 Å². The highest BCUT2D eigenvalue weighted by atomic mass is 16.6. The van der Waals surface area contributed by atoms with Gasteiger partial charge in [-0.1, -0.05) is 0 Å². The third kappa shape index (κ3) is 4.57. The van der Waals surface area contributed by atoms with Crippen molar-refractivity contribution in [1.82, 2.24) is 4.98 Å². The first-order valence-electron chi connectivity index (χ1n) is 5.81. The van der Waals surface area contributed by atoms with Gasteiger partial charge in [0.25, 0.3) is 0 Å². The van der Waals surface area contributed by atoms with Gasteiger partial charge in [0.15, 0.2) is 0 Å². The highest BCUT2D eigenvalue weighted by molar-refractivity contribution is 5.92. The van der Waals surface area contributed by atoms with Gasteiger partial charge in [0.05, 0.1) is 5.56 Å². The zero-order chi connectivity index (χ0) is 15.3. The number of nitriles is 1. The van der Waals surface area contributed by atoms with Crippen molar-refractivity contribution in [2.45, 2.75) is 26.4 Å². The number of carbonyl (C=O) groups is 2. The number of ether oxygens (including phenoxy) is 1. The van der Waals surface area contributed by atoms with Crippen molar-refractivity contribution in [3.63, 3.8) is 0 Å². The summed E-state index contributed by atoms with van der Waals surface area (Å²) in [7, 11) is 0. The van der Waals surface area contributed by atoms with Gasteiger partial charge in [-0.05, 0) is 32.9 Å². The Morgan fingerprint density at radius 1 is 1.45 bits per heavy atom. The molecule has 1 aromatic rings. The quantitative estimate of drug-likeness (QED) is 0.903. The Hall–Kier alpha value is -2.62. The summed E-state index contributed by atoms with van der Waals surface area (Å²) in [6.07, 6.45) is 0.450. The van der Waals surface area contributed by atoms with Gasteiger partial charge < -0.3 is 9.84 Å². The van der Waals surface area contributed by atoms with Crippen molar-refractivity contribution in [2.24, 2.45) is 0 Å². The summed E-state index contributed by atoms with van der Waals surface area (Å²) in [5.41, 5.74) is -0.436. The van der Waals surface area contributed by atoms with Crippen LogP contribution in [0.15, 0.2) is 18.3 Å². The first kappa shape index (κ1) is 15.4. The maximum atomic E-state index is 12.0. The molecule has 1 rings (SSSR count). The largest absolute Gasteiger partial charge is 0.480 e. The van der Waals surface area contributed by atoms with Gasteiger partial charge in [-0.25, -0.2) is 9.78 Å². The molecule has 106 valence electrons. The summed E-state index contributed by atoms with van der Waals surface area (Å²) in [6, 6.07) is 4.73. The minimum absolute atomic E-state index is 0.112. The van der Waals surface area contributed by atoms with Crippen LogP contribution in [-0.2, 0) is 9.53 Å². The van der Waals surface area contributed by atoms with Crippen molar-refractivity contribution >= 4 is 17.9 Å². The van der Waals surface area contributed by atoms with Gasteiger partial charge in [-0.3, -0.25) is 9.69 Å². The fourth-order valence-electron chi connectivity index (χ4n) is 1.30. The van der Waals surface area contributed by atoms with Crippen LogP contribution in [0.3, 0.4) is 0 Å². The van der Waals surface area contributed by atoms with E-state index in [1.807, 2.05) is 6.07 Å². The second-order valence-corrected chi connectivity index (χ2v) is 4.98. The standard InChI is InChI=1S/C13H15N3O4/c1-13(2,3)20-12(19)16(8-11(17)18)10-5-4-9(6-14)7-15-10/h4-5,7H,8H2,1-3H3,(H,17,18). The first-order chi connectivity index (χ1) is 9.23. The molecular weight excluding hydrogens is 262 g/mol. The van der Waals surface area contributed by atoms with Crippen molar-refractivity contribution in [3.8, 4) is 6.07 Å². The zero-order valence-electron chi connectivity index (χ0n) is 11.5. The lowest BCUT2D eigenvalue weighted by Gasteiger charge is -2.25. The second-order valence-electron chi connectivity index (χ2n) is 4.98. The zero-order valence-corrected chi connectivity index (χ0v) is 11.5. The van der Waals surface area contributed by atoms with Gasteiger partial charge in [0.2, 0.25) is 0 Å². The maximum Gasteiger partial charge on any atom is 0.416 e. The van der Waals surface area contributed by atoms with Crippen LogP contribution in [-0.4, -0.2) is 34.3 Å². The van der Waals surface area contributed by atoms with E-state index in [0.29, 0.717) is 5.56 Å². The predicted octanol–water partition coefficient (Wildman–Crippen LogP) is 1.78. The molecule has 0 aromatic carbocycles. The fourth-order valence-corrected chi connectivity index (χ4v) is 1.30. The third-order valence-electron chi connectivity index (χ3n) is 2.06. The number of rotatable bonds is 3. The van der Waals surface area contributed by atoms with E-state index in [0.717, 1.165) is 4.90 Å². The second kappa shape index (κ2) is 6.02. The molecule has 0 spiro atoms. The minimum Gasteiger partial charge on any atom is -0.480 e. The number of nitrogens with zero attached hydrogens (tertiary/aromatic N) is 3. The third-order valence-corrected chi connectivity index (χ3v) is 2.06. The van der Waals surface area contributed by atoms with Gasteiger partial charge >= 0.3 is 12.1 Å². The van der Waals surface area contributed by atoms with E-state index < -0.39 is 24.2 Å². The van der Waals surface area contributed by atoms with E-state index >= 15 is 0 Å². The van der Waals surface area contributed by atoms with Crippen LogP contribution in [0.25, 0.3) is 0 Å². The van der Waals surface area contributed by atoms with Crippen LogP contribution in [0.2, 0.25) is 0 Å². The summed E-state index contributed by atoms with van der Waals surface area (Å²) in [5.74, 6) is -1.08. The smallest absolute Gasteiger partial charge is 0.416 e. The Morgan fingerprint density at radius 3 is 2.50 bits per heavy atom. The van der Waals surface area contributed by atoms with E-state index in [1.54, 1.807) is 20.8 Å². The molecule has 0 atom stereocenters. The molecule has 0 radical (unpaired) electrons. The van der Waals surface area contributed by atoms with Crippen LogP contribution < -0.4 is 4.90 Å². The van der Waals surface area contributed by atoms with Crippen LogP contribution in [0.4, 0.5) is 10.6 Å². The highest BCUT2D eigenvalue weighted by Gasteiger charge is 2.26. The number of carboxylic acids is 1. The molecule has 1 aromatic heterocycles. The average molecular weight is 277 g/mol. The normalized spacial score (nSPS) is 10.5. The van der Waals surface area contributed by atoms with Crippen LogP contribution in [0, 0.1) is 11.3 Å². The van der Waals surface area contributed by atoms with Gasteiger partial charge in [0, 0.05) is 6.20 Å². The number of amides is 1. The molecule has 1 amide bonds. The van der Waals surface area contributed by atoms with Crippen molar-refractivity contribution in [1.29, 1.82) is 5.26 Å². The lowest BCUT2D eigenvalue weighted by molar-refractivity contribution is -0.135. The molecular formula is C13H15N3O4. The molecule has 7 nitrogen and oxygen atoms in total. The molecule has 1 N–H and O–H groups in total. The summed E-state index contributed by atoms with van der Waals surface area (Å²) in [6.45, 7) is 4.45. The van der Waals surface area contributed by atoms with E-state index in [1.165, 1.54) is 18.3 Å². The average Bonchev–Trinajstić information content (AvgIpc) is 2.34. The molecule has 0 unspecified atom stereocenters. The van der Waals surface area contributed by atoms with Crippen molar-refractivity contribution < 1.29 is 19.4 Å². The maximum absolute atomic E-state index is 12.0. The van der Waals surface area contributed by atoms with Gasteiger partial charge in [0.1, 0.15) is 24.0 Å². The Morgan fingerprint density at radius 2 is 2.10 bits per heavy atom. The topological polar surface area (TPSA) is 104 Å². The van der Waals surface area contributed by atoms with E-state index in [2.05, 4.69) is 4.98 Å².